The van der Waals surface area contributed by atoms with E-state index in [1.165, 1.54) is 0 Å². The molecule has 1 saturated carbocycles. The Morgan fingerprint density at radius 1 is 1.12 bits per heavy atom. The Hall–Kier alpha value is -2.37. The average Bonchev–Trinajstić information content (AvgIpc) is 3.19. The highest BCUT2D eigenvalue weighted by atomic mass is 16.5. The minimum atomic E-state index is -0.452. The lowest BCUT2D eigenvalue weighted by atomic mass is 9.99. The number of carbonyl (C=O) groups excluding carboxylic acids is 3. The van der Waals surface area contributed by atoms with Gasteiger partial charge in [-0.05, 0) is 31.7 Å². The first-order valence-corrected chi connectivity index (χ1v) is 9.35. The summed E-state index contributed by atoms with van der Waals surface area (Å²) in [6.07, 6.45) is 4.44. The van der Waals surface area contributed by atoms with Crippen LogP contribution in [0.25, 0.3) is 0 Å². The first kappa shape index (κ1) is 19.9. The van der Waals surface area contributed by atoms with Gasteiger partial charge in [0.25, 0.3) is 0 Å². The fraction of sp³-hybridized carbons (Fsp3) is 0.550. The van der Waals surface area contributed by atoms with Crippen LogP contribution in [0.3, 0.4) is 0 Å². The molecule has 1 atom stereocenters. The molecule has 0 bridgehead atoms. The van der Waals surface area contributed by atoms with Gasteiger partial charge < -0.3 is 15.4 Å². The van der Waals surface area contributed by atoms with Gasteiger partial charge in [-0.1, -0.05) is 43.2 Å². The third-order valence-corrected chi connectivity index (χ3v) is 4.64. The molecule has 1 aliphatic carbocycles. The van der Waals surface area contributed by atoms with Crippen molar-refractivity contribution >= 4 is 17.8 Å². The van der Waals surface area contributed by atoms with E-state index in [-0.39, 0.29) is 36.8 Å². The molecule has 0 aliphatic heterocycles. The minimum absolute atomic E-state index is 0.0353. The van der Waals surface area contributed by atoms with Crippen molar-refractivity contribution in [2.75, 3.05) is 19.7 Å². The van der Waals surface area contributed by atoms with Crippen LogP contribution in [-0.2, 0) is 25.5 Å². The van der Waals surface area contributed by atoms with Crippen LogP contribution in [0.5, 0.6) is 0 Å². The zero-order valence-electron chi connectivity index (χ0n) is 15.3. The first-order chi connectivity index (χ1) is 12.6. The van der Waals surface area contributed by atoms with Crippen LogP contribution in [0.15, 0.2) is 30.3 Å². The van der Waals surface area contributed by atoms with Gasteiger partial charge in [0.05, 0.1) is 19.1 Å². The number of nitrogens with one attached hydrogen (secondary N) is 2. The summed E-state index contributed by atoms with van der Waals surface area (Å²) in [6, 6.07) is 9.62. The molecule has 0 radical (unpaired) electrons. The molecule has 2 N–H and O–H groups in total. The van der Waals surface area contributed by atoms with Crippen LogP contribution in [0, 0.1) is 11.8 Å². The number of hydrogen-bond donors (Lipinski definition) is 2. The first-order valence-electron chi connectivity index (χ1n) is 9.35. The van der Waals surface area contributed by atoms with Crippen LogP contribution in [0.4, 0.5) is 0 Å². The zero-order valence-corrected chi connectivity index (χ0v) is 15.3. The monoisotopic (exact) mass is 360 g/mol. The Morgan fingerprint density at radius 2 is 1.81 bits per heavy atom. The quantitative estimate of drug-likeness (QED) is 0.658. The van der Waals surface area contributed by atoms with Crippen molar-refractivity contribution in [2.24, 2.45) is 11.8 Å². The summed E-state index contributed by atoms with van der Waals surface area (Å²) in [7, 11) is 0. The van der Waals surface area contributed by atoms with E-state index in [9.17, 15) is 14.4 Å². The summed E-state index contributed by atoms with van der Waals surface area (Å²) < 4.78 is 5.11. The maximum Gasteiger partial charge on any atom is 0.311 e. The van der Waals surface area contributed by atoms with Gasteiger partial charge in [-0.25, -0.2) is 0 Å². The van der Waals surface area contributed by atoms with Gasteiger partial charge in [0.1, 0.15) is 0 Å². The molecular weight excluding hydrogens is 332 g/mol. The molecule has 6 nitrogen and oxygen atoms in total. The number of ether oxygens (including phenoxy) is 1. The van der Waals surface area contributed by atoms with Gasteiger partial charge in [-0.3, -0.25) is 14.4 Å². The third kappa shape index (κ3) is 6.50. The summed E-state index contributed by atoms with van der Waals surface area (Å²) in [4.78, 5) is 36.1. The second-order valence-electron chi connectivity index (χ2n) is 6.64. The molecule has 1 aliphatic rings. The maximum atomic E-state index is 12.2. The predicted molar refractivity (Wildman–Crippen MR) is 98.2 cm³/mol. The topological polar surface area (TPSA) is 84.5 Å². The van der Waals surface area contributed by atoms with Gasteiger partial charge in [-0.2, -0.15) is 0 Å². The molecule has 26 heavy (non-hydrogen) atoms. The molecule has 0 unspecified atom stereocenters. The van der Waals surface area contributed by atoms with E-state index in [2.05, 4.69) is 10.6 Å². The third-order valence-electron chi connectivity index (χ3n) is 4.64. The normalized spacial score (nSPS) is 15.3. The standard InChI is InChI=1S/C20H28N2O4/c1-2-26-20(25)17(12-15-8-4-3-5-9-15)13-21-18(23)14-22-19(24)16-10-6-7-11-16/h3-5,8-9,16-17H,2,6-7,10-14H2,1H3,(H,21,23)(H,22,24)/t17-/m0/s1. The van der Waals surface area contributed by atoms with Crippen LogP contribution < -0.4 is 10.6 Å². The van der Waals surface area contributed by atoms with E-state index in [1.54, 1.807) is 6.92 Å². The van der Waals surface area contributed by atoms with E-state index < -0.39 is 5.92 Å². The number of hydrogen-bond acceptors (Lipinski definition) is 4. The lowest BCUT2D eigenvalue weighted by molar-refractivity contribution is -0.148. The highest BCUT2D eigenvalue weighted by Crippen LogP contribution is 2.24. The fourth-order valence-electron chi connectivity index (χ4n) is 3.20. The summed E-state index contributed by atoms with van der Waals surface area (Å²) in [5.41, 5.74) is 1.01. The van der Waals surface area contributed by atoms with Crippen molar-refractivity contribution in [3.05, 3.63) is 35.9 Å². The lowest BCUT2D eigenvalue weighted by Gasteiger charge is -2.17. The highest BCUT2D eigenvalue weighted by Gasteiger charge is 2.24. The van der Waals surface area contributed by atoms with Gasteiger partial charge in [-0.15, -0.1) is 0 Å². The second-order valence-corrected chi connectivity index (χ2v) is 6.64. The van der Waals surface area contributed by atoms with Crippen molar-refractivity contribution in [3.63, 3.8) is 0 Å². The molecule has 0 aromatic heterocycles. The van der Waals surface area contributed by atoms with Crippen molar-refractivity contribution in [1.82, 2.24) is 10.6 Å². The van der Waals surface area contributed by atoms with Gasteiger partial charge in [0, 0.05) is 12.5 Å². The smallest absolute Gasteiger partial charge is 0.311 e. The van der Waals surface area contributed by atoms with E-state index in [0.29, 0.717) is 13.0 Å². The number of rotatable bonds is 9. The average molecular weight is 360 g/mol. The van der Waals surface area contributed by atoms with E-state index in [1.807, 2.05) is 30.3 Å². The largest absolute Gasteiger partial charge is 0.466 e. The Kier molecular flexibility index (Phi) is 8.12. The van der Waals surface area contributed by atoms with Crippen LogP contribution >= 0.6 is 0 Å². The molecule has 2 rings (SSSR count). The summed E-state index contributed by atoms with van der Waals surface area (Å²) >= 11 is 0. The predicted octanol–water partition coefficient (Wildman–Crippen LogP) is 1.83. The Morgan fingerprint density at radius 3 is 2.46 bits per heavy atom. The second kappa shape index (κ2) is 10.6. The van der Waals surface area contributed by atoms with Crippen LogP contribution in [0.2, 0.25) is 0 Å². The summed E-state index contributed by atoms with van der Waals surface area (Å²) in [5, 5.41) is 5.42. The minimum Gasteiger partial charge on any atom is -0.466 e. The van der Waals surface area contributed by atoms with Crippen LogP contribution in [-0.4, -0.2) is 37.5 Å². The molecule has 1 aromatic carbocycles. The van der Waals surface area contributed by atoms with Crippen molar-refractivity contribution in [1.29, 1.82) is 0 Å². The van der Waals surface area contributed by atoms with Crippen molar-refractivity contribution in [3.8, 4) is 0 Å². The fourth-order valence-corrected chi connectivity index (χ4v) is 3.20. The molecule has 142 valence electrons. The van der Waals surface area contributed by atoms with Gasteiger partial charge in [0.2, 0.25) is 11.8 Å². The SMILES string of the molecule is CCOC(=O)[C@H](CNC(=O)CNC(=O)C1CCCC1)Cc1ccccc1. The number of amides is 2. The number of benzene rings is 1. The summed E-state index contributed by atoms with van der Waals surface area (Å²) in [6.45, 7) is 2.19. The molecule has 6 heteroatoms. The maximum absolute atomic E-state index is 12.2. The molecule has 0 saturated heterocycles. The number of esters is 1. The molecular formula is C20H28N2O4. The van der Waals surface area contributed by atoms with E-state index >= 15 is 0 Å². The van der Waals surface area contributed by atoms with E-state index in [0.717, 1.165) is 31.2 Å². The van der Waals surface area contributed by atoms with Crippen LogP contribution in [0.1, 0.15) is 38.2 Å². The van der Waals surface area contributed by atoms with Gasteiger partial charge >= 0.3 is 5.97 Å². The molecule has 0 heterocycles. The Labute approximate surface area is 154 Å². The molecule has 2 amide bonds. The zero-order chi connectivity index (χ0) is 18.8. The summed E-state index contributed by atoms with van der Waals surface area (Å²) in [5.74, 6) is -1.09. The lowest BCUT2D eigenvalue weighted by Crippen LogP contribution is -2.42. The van der Waals surface area contributed by atoms with E-state index in [4.69, 9.17) is 4.74 Å². The van der Waals surface area contributed by atoms with Crippen molar-refractivity contribution < 1.29 is 19.1 Å². The molecule has 0 spiro atoms. The van der Waals surface area contributed by atoms with Crippen molar-refractivity contribution in [2.45, 2.75) is 39.0 Å². The highest BCUT2D eigenvalue weighted by molar-refractivity contribution is 5.86. The Balaban J connectivity index is 1.80. The molecule has 1 fully saturated rings. The Bertz CT molecular complexity index is 597. The molecule has 1 aromatic rings. The number of carbonyl (C=O) groups is 3. The van der Waals surface area contributed by atoms with Gasteiger partial charge in [0.15, 0.2) is 0 Å².